The zero-order chi connectivity index (χ0) is 12.1. The molecule has 3 atom stereocenters. The molecule has 1 aliphatic heterocycles. The Morgan fingerprint density at radius 2 is 2.19 bits per heavy atom. The lowest BCUT2D eigenvalue weighted by molar-refractivity contribution is -0.142. The monoisotopic (exact) mass is 228 g/mol. The molecule has 0 spiro atoms. The molecule has 1 fully saturated rings. The van der Waals surface area contributed by atoms with Crippen LogP contribution in [0.25, 0.3) is 0 Å². The molecule has 1 rings (SSSR count). The topological polar surface area (TPSA) is 52.6 Å². The average Bonchev–Trinajstić information content (AvgIpc) is 2.28. The Hall–Kier alpha value is -0.610. The summed E-state index contributed by atoms with van der Waals surface area (Å²) in [4.78, 5) is 13.2. The summed E-state index contributed by atoms with van der Waals surface area (Å²) >= 11 is 0. The van der Waals surface area contributed by atoms with Crippen LogP contribution >= 0.6 is 0 Å². The number of carbonyl (C=O) groups is 1. The van der Waals surface area contributed by atoms with Crippen molar-refractivity contribution in [3.63, 3.8) is 0 Å². The van der Waals surface area contributed by atoms with Crippen molar-refractivity contribution in [3.8, 4) is 0 Å². The summed E-state index contributed by atoms with van der Waals surface area (Å²) in [5, 5.41) is 12.5. The van der Waals surface area contributed by atoms with Crippen LogP contribution in [0.15, 0.2) is 0 Å². The van der Waals surface area contributed by atoms with E-state index in [2.05, 4.69) is 24.1 Å². The molecule has 4 nitrogen and oxygen atoms in total. The highest BCUT2D eigenvalue weighted by atomic mass is 16.4. The molecule has 1 heterocycles. The third-order valence-corrected chi connectivity index (χ3v) is 3.51. The summed E-state index contributed by atoms with van der Waals surface area (Å²) < 4.78 is 0. The molecule has 0 amide bonds. The molecule has 0 radical (unpaired) electrons. The van der Waals surface area contributed by atoms with Gasteiger partial charge in [-0.15, -0.1) is 0 Å². The van der Waals surface area contributed by atoms with Crippen molar-refractivity contribution in [2.24, 2.45) is 5.92 Å². The van der Waals surface area contributed by atoms with E-state index in [9.17, 15) is 4.79 Å². The van der Waals surface area contributed by atoms with Crippen LogP contribution in [0.2, 0.25) is 0 Å². The Morgan fingerprint density at radius 3 is 2.69 bits per heavy atom. The van der Waals surface area contributed by atoms with Gasteiger partial charge in [0.15, 0.2) is 0 Å². The highest BCUT2D eigenvalue weighted by molar-refractivity contribution is 5.69. The standard InChI is InChI=1S/C12H24N2O2/c1-4-10-8-14(7-9(3)12(15)16)11(5-2)6-13-10/h9-11,13H,4-8H2,1-3H3,(H,15,16). The van der Waals surface area contributed by atoms with Crippen molar-refractivity contribution in [2.75, 3.05) is 19.6 Å². The second-order valence-corrected chi connectivity index (χ2v) is 4.77. The SMILES string of the molecule is CCC1CN(CC(C)C(=O)O)C(CC)CN1. The molecule has 2 N–H and O–H groups in total. The van der Waals surface area contributed by atoms with Crippen molar-refractivity contribution in [2.45, 2.75) is 45.7 Å². The van der Waals surface area contributed by atoms with E-state index in [-0.39, 0.29) is 5.92 Å². The molecule has 3 unspecified atom stereocenters. The zero-order valence-electron chi connectivity index (χ0n) is 10.6. The second-order valence-electron chi connectivity index (χ2n) is 4.77. The third kappa shape index (κ3) is 3.46. The van der Waals surface area contributed by atoms with Gasteiger partial charge >= 0.3 is 5.97 Å². The fourth-order valence-corrected chi connectivity index (χ4v) is 2.26. The molecule has 0 aliphatic carbocycles. The van der Waals surface area contributed by atoms with Crippen LogP contribution in [0, 0.1) is 5.92 Å². The summed E-state index contributed by atoms with van der Waals surface area (Å²) in [7, 11) is 0. The van der Waals surface area contributed by atoms with E-state index in [0.29, 0.717) is 18.6 Å². The molecule has 0 saturated carbocycles. The Morgan fingerprint density at radius 1 is 1.50 bits per heavy atom. The molecular formula is C12H24N2O2. The number of hydrogen-bond acceptors (Lipinski definition) is 3. The van der Waals surface area contributed by atoms with Crippen LogP contribution in [0.1, 0.15) is 33.6 Å². The second kappa shape index (κ2) is 6.21. The zero-order valence-corrected chi connectivity index (χ0v) is 10.6. The van der Waals surface area contributed by atoms with E-state index in [1.165, 1.54) is 0 Å². The van der Waals surface area contributed by atoms with E-state index in [1.54, 1.807) is 6.92 Å². The lowest BCUT2D eigenvalue weighted by atomic mass is 10.0. The van der Waals surface area contributed by atoms with E-state index in [4.69, 9.17) is 5.11 Å². The molecule has 0 aromatic carbocycles. The Bertz CT molecular complexity index is 233. The minimum atomic E-state index is -0.693. The summed E-state index contributed by atoms with van der Waals surface area (Å²) in [6.45, 7) is 8.76. The van der Waals surface area contributed by atoms with E-state index >= 15 is 0 Å². The molecule has 1 saturated heterocycles. The fourth-order valence-electron chi connectivity index (χ4n) is 2.26. The van der Waals surface area contributed by atoms with E-state index in [1.807, 2.05) is 0 Å². The van der Waals surface area contributed by atoms with Crippen LogP contribution in [0.5, 0.6) is 0 Å². The van der Waals surface area contributed by atoms with Gasteiger partial charge in [0.05, 0.1) is 5.92 Å². The number of nitrogens with one attached hydrogen (secondary N) is 1. The van der Waals surface area contributed by atoms with Crippen LogP contribution in [0.3, 0.4) is 0 Å². The Labute approximate surface area is 98.0 Å². The normalized spacial score (nSPS) is 28.9. The Balaban J connectivity index is 2.54. The highest BCUT2D eigenvalue weighted by Crippen LogP contribution is 2.14. The van der Waals surface area contributed by atoms with Crippen molar-refractivity contribution >= 4 is 5.97 Å². The summed E-state index contributed by atoms with van der Waals surface area (Å²) in [6, 6.07) is 1.01. The van der Waals surface area contributed by atoms with Gasteiger partial charge in [0, 0.05) is 31.7 Å². The highest BCUT2D eigenvalue weighted by Gasteiger charge is 2.28. The van der Waals surface area contributed by atoms with E-state index < -0.39 is 5.97 Å². The van der Waals surface area contributed by atoms with Gasteiger partial charge in [0.25, 0.3) is 0 Å². The van der Waals surface area contributed by atoms with Crippen LogP contribution < -0.4 is 5.32 Å². The Kier molecular flexibility index (Phi) is 5.22. The molecule has 16 heavy (non-hydrogen) atoms. The van der Waals surface area contributed by atoms with Crippen molar-refractivity contribution in [1.82, 2.24) is 10.2 Å². The van der Waals surface area contributed by atoms with Crippen molar-refractivity contribution < 1.29 is 9.90 Å². The summed E-state index contributed by atoms with van der Waals surface area (Å²) in [5.74, 6) is -0.967. The number of piperazine rings is 1. The lowest BCUT2D eigenvalue weighted by Crippen LogP contribution is -2.57. The number of carboxylic acids is 1. The van der Waals surface area contributed by atoms with Gasteiger partial charge in [-0.3, -0.25) is 9.69 Å². The van der Waals surface area contributed by atoms with Gasteiger partial charge in [-0.1, -0.05) is 20.8 Å². The van der Waals surface area contributed by atoms with Crippen LogP contribution in [-0.2, 0) is 4.79 Å². The maximum Gasteiger partial charge on any atom is 0.307 e. The lowest BCUT2D eigenvalue weighted by Gasteiger charge is -2.40. The molecule has 4 heteroatoms. The first-order valence-corrected chi connectivity index (χ1v) is 6.28. The fraction of sp³-hybridized carbons (Fsp3) is 0.917. The number of rotatable bonds is 5. The van der Waals surface area contributed by atoms with Gasteiger partial charge in [-0.05, 0) is 12.8 Å². The number of aliphatic carboxylic acids is 1. The van der Waals surface area contributed by atoms with Crippen molar-refractivity contribution in [1.29, 1.82) is 0 Å². The van der Waals surface area contributed by atoms with Crippen LogP contribution in [-0.4, -0.2) is 47.7 Å². The smallest absolute Gasteiger partial charge is 0.307 e. The van der Waals surface area contributed by atoms with E-state index in [0.717, 1.165) is 25.9 Å². The van der Waals surface area contributed by atoms with Gasteiger partial charge in [0.1, 0.15) is 0 Å². The third-order valence-electron chi connectivity index (χ3n) is 3.51. The summed E-state index contributed by atoms with van der Waals surface area (Å²) in [6.07, 6.45) is 2.18. The average molecular weight is 228 g/mol. The predicted octanol–water partition coefficient (Wildman–Crippen LogP) is 1.17. The molecule has 94 valence electrons. The van der Waals surface area contributed by atoms with Crippen LogP contribution in [0.4, 0.5) is 0 Å². The minimum Gasteiger partial charge on any atom is -0.481 e. The molecular weight excluding hydrogens is 204 g/mol. The maximum atomic E-state index is 10.9. The summed E-state index contributed by atoms with van der Waals surface area (Å²) in [5.41, 5.74) is 0. The predicted molar refractivity (Wildman–Crippen MR) is 64.5 cm³/mol. The molecule has 0 aromatic rings. The maximum absolute atomic E-state index is 10.9. The first kappa shape index (κ1) is 13.5. The number of nitrogens with zero attached hydrogens (tertiary/aromatic N) is 1. The molecule has 0 aromatic heterocycles. The first-order chi connectivity index (χ1) is 7.58. The minimum absolute atomic E-state index is 0.273. The number of hydrogen-bond donors (Lipinski definition) is 2. The van der Waals surface area contributed by atoms with Crippen molar-refractivity contribution in [3.05, 3.63) is 0 Å². The number of carboxylic acid groups (broad SMARTS) is 1. The van der Waals surface area contributed by atoms with Gasteiger partial charge in [-0.25, -0.2) is 0 Å². The van der Waals surface area contributed by atoms with Gasteiger partial charge in [-0.2, -0.15) is 0 Å². The molecule has 1 aliphatic rings. The van der Waals surface area contributed by atoms with Gasteiger partial charge in [0.2, 0.25) is 0 Å². The first-order valence-electron chi connectivity index (χ1n) is 6.28. The molecule has 0 bridgehead atoms. The van der Waals surface area contributed by atoms with Gasteiger partial charge < -0.3 is 10.4 Å². The largest absolute Gasteiger partial charge is 0.481 e. The quantitative estimate of drug-likeness (QED) is 0.741.